The Morgan fingerprint density at radius 3 is 2.33 bits per heavy atom. The smallest absolute Gasteiger partial charge is 0.306 e. The molecule has 0 aliphatic heterocycles. The third-order valence-electron chi connectivity index (χ3n) is 1.57. The van der Waals surface area contributed by atoms with Crippen molar-refractivity contribution in [2.75, 3.05) is 20.3 Å². The second-order valence-electron chi connectivity index (χ2n) is 3.06. The number of rotatable bonds is 7. The number of hydrogen-bond donors (Lipinski definition) is 0. The van der Waals surface area contributed by atoms with Crippen LogP contribution in [0.2, 0.25) is 0 Å². The summed E-state index contributed by atoms with van der Waals surface area (Å²) < 4.78 is 14.4. The molecule has 0 N–H and O–H groups in total. The SMILES string of the molecule is CCOC(=O)CCC(=O)OC(C)COC. The Morgan fingerprint density at radius 2 is 1.80 bits per heavy atom. The molecule has 0 rings (SSSR count). The van der Waals surface area contributed by atoms with Crippen LogP contribution in [0.1, 0.15) is 26.7 Å². The van der Waals surface area contributed by atoms with Gasteiger partial charge in [0.05, 0.1) is 26.1 Å². The Hall–Kier alpha value is -1.10. The monoisotopic (exact) mass is 218 g/mol. The second-order valence-corrected chi connectivity index (χ2v) is 3.06. The quantitative estimate of drug-likeness (QED) is 0.594. The fraction of sp³-hybridized carbons (Fsp3) is 0.800. The summed E-state index contributed by atoms with van der Waals surface area (Å²) in [7, 11) is 1.53. The van der Waals surface area contributed by atoms with Crippen LogP contribution in [0.3, 0.4) is 0 Å². The average Bonchev–Trinajstić information content (AvgIpc) is 2.15. The van der Waals surface area contributed by atoms with E-state index in [0.717, 1.165) is 0 Å². The van der Waals surface area contributed by atoms with E-state index in [1.54, 1.807) is 13.8 Å². The molecule has 0 aromatic heterocycles. The van der Waals surface area contributed by atoms with Gasteiger partial charge in [-0.15, -0.1) is 0 Å². The number of hydrogen-bond acceptors (Lipinski definition) is 5. The summed E-state index contributed by atoms with van der Waals surface area (Å²) in [5.74, 6) is -0.790. The van der Waals surface area contributed by atoms with Gasteiger partial charge in [0.25, 0.3) is 0 Å². The number of esters is 2. The molecule has 15 heavy (non-hydrogen) atoms. The summed E-state index contributed by atoms with van der Waals surface area (Å²) in [4.78, 5) is 22.1. The zero-order chi connectivity index (χ0) is 11.7. The van der Waals surface area contributed by atoms with Gasteiger partial charge in [0.2, 0.25) is 0 Å². The van der Waals surface area contributed by atoms with E-state index in [9.17, 15) is 9.59 Å². The summed E-state index contributed by atoms with van der Waals surface area (Å²) in [5, 5.41) is 0. The van der Waals surface area contributed by atoms with Crippen LogP contribution >= 0.6 is 0 Å². The summed E-state index contributed by atoms with van der Waals surface area (Å²) in [6.07, 6.45) is -0.177. The zero-order valence-corrected chi connectivity index (χ0v) is 9.45. The van der Waals surface area contributed by atoms with Crippen LogP contribution in [0.15, 0.2) is 0 Å². The van der Waals surface area contributed by atoms with Gasteiger partial charge >= 0.3 is 11.9 Å². The van der Waals surface area contributed by atoms with Crippen LogP contribution in [0.5, 0.6) is 0 Å². The highest BCUT2D eigenvalue weighted by molar-refractivity contribution is 5.77. The highest BCUT2D eigenvalue weighted by Gasteiger charge is 2.11. The molecule has 0 radical (unpaired) electrons. The molecule has 0 saturated carbocycles. The Bertz CT molecular complexity index is 202. The molecule has 1 unspecified atom stereocenters. The van der Waals surface area contributed by atoms with Gasteiger partial charge in [0.1, 0.15) is 6.10 Å². The Labute approximate surface area is 89.7 Å². The summed E-state index contributed by atoms with van der Waals surface area (Å²) in [5.41, 5.74) is 0. The van der Waals surface area contributed by atoms with Crippen molar-refractivity contribution in [3.63, 3.8) is 0 Å². The Balaban J connectivity index is 3.61. The largest absolute Gasteiger partial charge is 0.466 e. The molecular weight excluding hydrogens is 200 g/mol. The molecule has 5 nitrogen and oxygen atoms in total. The molecule has 0 spiro atoms. The number of ether oxygens (including phenoxy) is 3. The van der Waals surface area contributed by atoms with Crippen molar-refractivity contribution in [1.29, 1.82) is 0 Å². The molecule has 0 bridgehead atoms. The predicted octanol–water partition coefficient (Wildman–Crippen LogP) is 0.908. The molecule has 0 heterocycles. The zero-order valence-electron chi connectivity index (χ0n) is 9.45. The third kappa shape index (κ3) is 7.93. The third-order valence-corrected chi connectivity index (χ3v) is 1.57. The summed E-state index contributed by atoms with van der Waals surface area (Å²) in [6.45, 7) is 4.13. The van der Waals surface area contributed by atoms with Gasteiger partial charge in [-0.3, -0.25) is 9.59 Å². The minimum Gasteiger partial charge on any atom is -0.466 e. The minimum atomic E-state index is -0.410. The topological polar surface area (TPSA) is 61.8 Å². The van der Waals surface area contributed by atoms with Gasteiger partial charge in [-0.2, -0.15) is 0 Å². The standard InChI is InChI=1S/C10H18O5/c1-4-14-9(11)5-6-10(12)15-8(2)7-13-3/h8H,4-7H2,1-3H3. The molecule has 1 atom stereocenters. The van der Waals surface area contributed by atoms with Crippen LogP contribution in [0.25, 0.3) is 0 Å². The molecule has 88 valence electrons. The summed E-state index contributed by atoms with van der Waals surface area (Å²) >= 11 is 0. The van der Waals surface area contributed by atoms with E-state index in [2.05, 4.69) is 4.74 Å². The average molecular weight is 218 g/mol. The lowest BCUT2D eigenvalue weighted by Crippen LogP contribution is -2.20. The van der Waals surface area contributed by atoms with Crippen LogP contribution < -0.4 is 0 Å². The molecule has 0 aliphatic rings. The highest BCUT2D eigenvalue weighted by atomic mass is 16.6. The second kappa shape index (κ2) is 8.23. The molecule has 0 fully saturated rings. The van der Waals surface area contributed by atoms with Crippen molar-refractivity contribution in [3.05, 3.63) is 0 Å². The van der Waals surface area contributed by atoms with E-state index in [-0.39, 0.29) is 24.9 Å². The fourth-order valence-electron chi connectivity index (χ4n) is 0.989. The summed E-state index contributed by atoms with van der Waals surface area (Å²) in [6, 6.07) is 0. The number of methoxy groups -OCH3 is 1. The first-order chi connectivity index (χ1) is 7.10. The predicted molar refractivity (Wildman–Crippen MR) is 53.3 cm³/mol. The molecule has 0 aromatic rings. The first kappa shape index (κ1) is 13.9. The highest BCUT2D eigenvalue weighted by Crippen LogP contribution is 1.99. The molecule has 0 aliphatic carbocycles. The lowest BCUT2D eigenvalue weighted by molar-refractivity contribution is -0.154. The van der Waals surface area contributed by atoms with Crippen molar-refractivity contribution in [2.45, 2.75) is 32.8 Å². The number of carbonyl (C=O) groups excluding carboxylic acids is 2. The first-order valence-corrected chi connectivity index (χ1v) is 4.94. The van der Waals surface area contributed by atoms with Crippen molar-refractivity contribution in [3.8, 4) is 0 Å². The normalized spacial score (nSPS) is 11.9. The maximum absolute atomic E-state index is 11.2. The van der Waals surface area contributed by atoms with Gasteiger partial charge < -0.3 is 14.2 Å². The maximum atomic E-state index is 11.2. The van der Waals surface area contributed by atoms with Crippen LogP contribution in [-0.4, -0.2) is 38.4 Å². The molecule has 0 saturated heterocycles. The maximum Gasteiger partial charge on any atom is 0.306 e. The van der Waals surface area contributed by atoms with Gasteiger partial charge in [-0.05, 0) is 13.8 Å². The first-order valence-electron chi connectivity index (χ1n) is 4.94. The Morgan fingerprint density at radius 1 is 1.20 bits per heavy atom. The van der Waals surface area contributed by atoms with E-state index in [1.807, 2.05) is 0 Å². The Kier molecular flexibility index (Phi) is 7.62. The van der Waals surface area contributed by atoms with Gasteiger partial charge in [-0.1, -0.05) is 0 Å². The minimum absolute atomic E-state index is 0.0485. The van der Waals surface area contributed by atoms with Crippen LogP contribution in [-0.2, 0) is 23.8 Å². The van der Waals surface area contributed by atoms with E-state index in [1.165, 1.54) is 7.11 Å². The lowest BCUT2D eigenvalue weighted by atomic mass is 10.3. The van der Waals surface area contributed by atoms with Gasteiger partial charge in [-0.25, -0.2) is 0 Å². The van der Waals surface area contributed by atoms with E-state index in [4.69, 9.17) is 9.47 Å². The van der Waals surface area contributed by atoms with Crippen molar-refractivity contribution < 1.29 is 23.8 Å². The number of carbonyl (C=O) groups is 2. The van der Waals surface area contributed by atoms with E-state index >= 15 is 0 Å². The van der Waals surface area contributed by atoms with Gasteiger partial charge in [0, 0.05) is 7.11 Å². The molecule has 5 heteroatoms. The van der Waals surface area contributed by atoms with E-state index in [0.29, 0.717) is 13.2 Å². The van der Waals surface area contributed by atoms with Crippen molar-refractivity contribution >= 4 is 11.9 Å². The van der Waals surface area contributed by atoms with Crippen LogP contribution in [0.4, 0.5) is 0 Å². The van der Waals surface area contributed by atoms with Crippen LogP contribution in [0, 0.1) is 0 Å². The van der Waals surface area contributed by atoms with Gasteiger partial charge in [0.15, 0.2) is 0 Å². The molecule has 0 aromatic carbocycles. The van der Waals surface area contributed by atoms with E-state index < -0.39 is 5.97 Å². The van der Waals surface area contributed by atoms with Crippen molar-refractivity contribution in [2.24, 2.45) is 0 Å². The van der Waals surface area contributed by atoms with Crippen molar-refractivity contribution in [1.82, 2.24) is 0 Å². The molecular formula is C10H18O5. The molecule has 0 amide bonds. The lowest BCUT2D eigenvalue weighted by Gasteiger charge is -2.11. The fourth-order valence-corrected chi connectivity index (χ4v) is 0.989.